The Bertz CT molecular complexity index is 328. The van der Waals surface area contributed by atoms with Gasteiger partial charge < -0.3 is 0 Å². The van der Waals surface area contributed by atoms with Crippen LogP contribution in [0.2, 0.25) is 0 Å². The Morgan fingerprint density at radius 3 is 1.92 bits per heavy atom. The van der Waals surface area contributed by atoms with Crippen molar-refractivity contribution in [3.63, 3.8) is 0 Å². The molecule has 9 heteroatoms. The van der Waals surface area contributed by atoms with Crippen LogP contribution >= 0.6 is 23.2 Å². The highest BCUT2D eigenvalue weighted by Gasteiger charge is 2.21. The minimum Gasteiger partial charge on any atom is -0.199 e. The molecule has 0 aliphatic rings. The molecule has 0 aliphatic carbocycles. The van der Waals surface area contributed by atoms with E-state index in [1.165, 1.54) is 0 Å². The van der Waals surface area contributed by atoms with Gasteiger partial charge in [-0.25, -0.2) is 0 Å². The lowest BCUT2D eigenvalue weighted by atomic mass is 10.9. The summed E-state index contributed by atoms with van der Waals surface area (Å²) in [7, 11) is -8.22. The third-order valence-electron chi connectivity index (χ3n) is 0.557. The first-order valence-electron chi connectivity index (χ1n) is 2.54. The van der Waals surface area contributed by atoms with Crippen molar-refractivity contribution in [3.8, 4) is 0 Å². The van der Waals surface area contributed by atoms with Crippen LogP contribution in [-0.2, 0) is 23.9 Å². The minimum absolute atomic E-state index is 0.613. The Hall–Kier alpha value is 0.440. The van der Waals surface area contributed by atoms with Crippen molar-refractivity contribution < 1.29 is 20.5 Å². The molecule has 0 amide bonds. The van der Waals surface area contributed by atoms with Crippen molar-refractivity contribution in [3.05, 3.63) is 0 Å². The van der Waals surface area contributed by atoms with Crippen molar-refractivity contribution in [1.29, 1.82) is 0 Å². The summed E-state index contributed by atoms with van der Waals surface area (Å²) in [6, 6.07) is 0. The Morgan fingerprint density at radius 1 is 1.25 bits per heavy atom. The number of alkyl halides is 2. The summed E-state index contributed by atoms with van der Waals surface area (Å²) in [6.07, 6.45) is 0.613. The van der Waals surface area contributed by atoms with E-state index in [-0.39, 0.29) is 0 Å². The molecule has 0 N–H and O–H groups in total. The van der Waals surface area contributed by atoms with E-state index in [9.17, 15) is 16.8 Å². The van der Waals surface area contributed by atoms with Gasteiger partial charge in [-0.15, -0.1) is 26.8 Å². The Labute approximate surface area is 80.9 Å². The molecule has 0 fully saturated rings. The maximum absolute atomic E-state index is 10.7. The van der Waals surface area contributed by atoms with Gasteiger partial charge in [0.05, 0.1) is 6.26 Å². The fourth-order valence-corrected chi connectivity index (χ4v) is 3.33. The van der Waals surface area contributed by atoms with E-state index in [1.807, 2.05) is 0 Å². The van der Waals surface area contributed by atoms with Crippen molar-refractivity contribution >= 4 is 43.4 Å². The first kappa shape index (κ1) is 12.4. The van der Waals surface area contributed by atoms with E-state index in [0.29, 0.717) is 6.26 Å². The van der Waals surface area contributed by atoms with E-state index in [1.54, 1.807) is 0 Å². The highest BCUT2D eigenvalue weighted by Crippen LogP contribution is 2.08. The summed E-state index contributed by atoms with van der Waals surface area (Å²) in [4.78, 5) is -1.21. The lowest BCUT2D eigenvalue weighted by molar-refractivity contribution is 0.467. The molecule has 0 saturated heterocycles. The fourth-order valence-electron chi connectivity index (χ4n) is 0.370. The van der Waals surface area contributed by atoms with E-state index >= 15 is 0 Å². The predicted octanol–water partition coefficient (Wildman–Crippen LogP) is 0.0961. The molecule has 0 atom stereocenters. The lowest BCUT2D eigenvalue weighted by Gasteiger charge is -2.02. The molecule has 0 radical (unpaired) electrons. The molecule has 0 saturated carbocycles. The third-order valence-corrected chi connectivity index (χ3v) is 3.79. The van der Waals surface area contributed by atoms with Gasteiger partial charge >= 0.3 is 0 Å². The summed E-state index contributed by atoms with van der Waals surface area (Å²) in [5, 5.41) is 0. The van der Waals surface area contributed by atoms with Gasteiger partial charge in [0.15, 0.2) is 0 Å². The summed E-state index contributed by atoms with van der Waals surface area (Å²) in [6.45, 7) is 0. The van der Waals surface area contributed by atoms with Crippen LogP contribution in [0.4, 0.5) is 0 Å². The minimum atomic E-state index is -4.19. The molecule has 0 unspecified atom stereocenters. The number of hydrogen-bond acceptors (Lipinski definition) is 5. The van der Waals surface area contributed by atoms with Crippen LogP contribution in [0.1, 0.15) is 0 Å². The van der Waals surface area contributed by atoms with Crippen molar-refractivity contribution in [2.24, 2.45) is 0 Å². The molecule has 0 heterocycles. The van der Waals surface area contributed by atoms with Gasteiger partial charge in [0.2, 0.25) is 0 Å². The largest absolute Gasteiger partial charge is 0.284 e. The molecule has 0 aromatic rings. The fraction of sp³-hybridized carbons (Fsp3) is 1.00. The molecular weight excluding hydrogens is 251 g/mol. The van der Waals surface area contributed by atoms with Crippen LogP contribution in [0.3, 0.4) is 0 Å². The zero-order chi connectivity index (χ0) is 9.99. The van der Waals surface area contributed by atoms with Crippen LogP contribution in [0.15, 0.2) is 0 Å². The van der Waals surface area contributed by atoms with Crippen LogP contribution in [-0.4, -0.2) is 33.7 Å². The normalized spacial score (nSPS) is 13.7. The molecule has 0 rings (SSSR count). The Morgan fingerprint density at radius 2 is 1.67 bits per heavy atom. The Balaban J connectivity index is 4.47. The Kier molecular flexibility index (Phi) is 4.25. The lowest BCUT2D eigenvalue weighted by Crippen LogP contribution is -2.18. The van der Waals surface area contributed by atoms with Gasteiger partial charge in [-0.1, -0.05) is 0 Å². The summed E-state index contributed by atoms with van der Waals surface area (Å²) >= 11 is 10.2. The van der Waals surface area contributed by atoms with E-state index in [4.69, 9.17) is 23.2 Å². The summed E-state index contributed by atoms with van der Waals surface area (Å²) in [5.74, 6) is -0.761. The molecule has 12 heavy (non-hydrogen) atoms. The first-order valence-corrected chi connectivity index (χ1v) is 6.81. The second kappa shape index (κ2) is 4.10. The number of hydrogen-bond donors (Lipinski definition) is 0. The molecule has 0 bridgehead atoms. The highest BCUT2D eigenvalue weighted by molar-refractivity contribution is 7.99. The van der Waals surface area contributed by atoms with Crippen molar-refractivity contribution in [1.82, 2.24) is 0 Å². The molecule has 74 valence electrons. The number of rotatable bonds is 4. The van der Waals surface area contributed by atoms with Gasteiger partial charge in [0.1, 0.15) is 10.6 Å². The SMILES string of the molecule is CS(=O)(=O)OS(=O)(=O)CC(Cl)Cl. The van der Waals surface area contributed by atoms with Gasteiger partial charge in [0.25, 0.3) is 20.2 Å². The zero-order valence-electron chi connectivity index (χ0n) is 5.90. The smallest absolute Gasteiger partial charge is 0.199 e. The second-order valence-electron chi connectivity index (χ2n) is 1.89. The maximum Gasteiger partial charge on any atom is 0.284 e. The summed E-state index contributed by atoms with van der Waals surface area (Å²) in [5.41, 5.74) is 0. The summed E-state index contributed by atoms with van der Waals surface area (Å²) < 4.78 is 45.8. The van der Waals surface area contributed by atoms with E-state index in [0.717, 1.165) is 0 Å². The van der Waals surface area contributed by atoms with Gasteiger partial charge in [-0.05, 0) is 0 Å². The third kappa shape index (κ3) is 7.11. The molecule has 0 aliphatic heterocycles. The van der Waals surface area contributed by atoms with Gasteiger partial charge in [-0.2, -0.15) is 16.8 Å². The average molecular weight is 257 g/mol. The number of halogens is 2. The van der Waals surface area contributed by atoms with Crippen molar-refractivity contribution in [2.45, 2.75) is 4.84 Å². The van der Waals surface area contributed by atoms with Crippen LogP contribution < -0.4 is 0 Å². The highest BCUT2D eigenvalue weighted by atomic mass is 35.5. The zero-order valence-corrected chi connectivity index (χ0v) is 9.04. The van der Waals surface area contributed by atoms with Crippen LogP contribution in [0, 0.1) is 0 Å². The second-order valence-corrected chi connectivity index (χ2v) is 6.57. The van der Waals surface area contributed by atoms with Gasteiger partial charge in [-0.3, -0.25) is 0 Å². The van der Waals surface area contributed by atoms with Crippen LogP contribution in [0.5, 0.6) is 0 Å². The monoisotopic (exact) mass is 256 g/mol. The maximum atomic E-state index is 10.7. The molecular formula is C3H6Cl2O5S2. The first-order chi connectivity index (χ1) is 5.12. The van der Waals surface area contributed by atoms with E-state index < -0.39 is 30.8 Å². The molecule has 5 nitrogen and oxygen atoms in total. The standard InChI is InChI=1S/C3H6Cl2O5S2/c1-11(6,7)10-12(8,9)2-3(4)5/h3H,2H2,1H3. The topological polar surface area (TPSA) is 77.5 Å². The molecule has 0 spiro atoms. The quantitative estimate of drug-likeness (QED) is 0.667. The average Bonchev–Trinajstić information content (AvgIpc) is 1.48. The molecule has 0 aromatic carbocycles. The van der Waals surface area contributed by atoms with E-state index in [2.05, 4.69) is 3.63 Å². The van der Waals surface area contributed by atoms with Crippen LogP contribution in [0.25, 0.3) is 0 Å². The van der Waals surface area contributed by atoms with Gasteiger partial charge in [0, 0.05) is 0 Å². The van der Waals surface area contributed by atoms with Crippen molar-refractivity contribution in [2.75, 3.05) is 12.0 Å². The predicted molar refractivity (Wildman–Crippen MR) is 45.2 cm³/mol. The molecule has 0 aromatic heterocycles.